The molecule has 0 unspecified atom stereocenters. The Hall–Kier alpha value is -1.35. The molecule has 1 aromatic carbocycles. The zero-order valence-electron chi connectivity index (χ0n) is 11.9. The second-order valence-corrected chi connectivity index (χ2v) is 5.03. The van der Waals surface area contributed by atoms with Gasteiger partial charge in [0.2, 0.25) is 0 Å². The van der Waals surface area contributed by atoms with Crippen LogP contribution >= 0.6 is 0 Å². The minimum absolute atomic E-state index is 0.0478. The van der Waals surface area contributed by atoms with Crippen LogP contribution in [0.15, 0.2) is 18.2 Å². The van der Waals surface area contributed by atoms with E-state index in [4.69, 9.17) is 9.47 Å². The van der Waals surface area contributed by atoms with Crippen molar-refractivity contribution in [3.8, 4) is 5.75 Å². The van der Waals surface area contributed by atoms with Gasteiger partial charge in [0.05, 0.1) is 18.3 Å². The van der Waals surface area contributed by atoms with E-state index in [1.54, 1.807) is 13.2 Å². The second-order valence-electron chi connectivity index (χ2n) is 5.03. The molecule has 3 heteroatoms. The van der Waals surface area contributed by atoms with Crippen molar-refractivity contribution >= 4 is 5.78 Å². The Bertz CT molecular complexity index is 422. The third kappa shape index (κ3) is 3.84. The summed E-state index contributed by atoms with van der Waals surface area (Å²) in [6, 6.07) is 5.55. The van der Waals surface area contributed by atoms with Crippen LogP contribution in [0.3, 0.4) is 0 Å². The number of Topliss-reactive ketones (excluding diaryl/α,β-unsaturated/α-hetero) is 1. The molecule has 0 N–H and O–H groups in total. The molecule has 0 bridgehead atoms. The van der Waals surface area contributed by atoms with Gasteiger partial charge >= 0.3 is 0 Å². The molecule has 0 aliphatic rings. The van der Waals surface area contributed by atoms with E-state index >= 15 is 0 Å². The first kappa shape index (κ1) is 14.7. The predicted octanol–water partition coefficient (Wildman–Crippen LogP) is 3.39. The number of methoxy groups -OCH3 is 1. The van der Waals surface area contributed by atoms with Gasteiger partial charge in [0.1, 0.15) is 12.4 Å². The molecule has 0 spiro atoms. The van der Waals surface area contributed by atoms with Crippen LogP contribution < -0.4 is 4.74 Å². The van der Waals surface area contributed by atoms with Crippen molar-refractivity contribution in [2.24, 2.45) is 0 Å². The molecule has 1 aromatic rings. The summed E-state index contributed by atoms with van der Waals surface area (Å²) in [5, 5.41) is 0. The van der Waals surface area contributed by atoms with Crippen molar-refractivity contribution in [1.29, 1.82) is 0 Å². The molecule has 0 fully saturated rings. The van der Waals surface area contributed by atoms with Crippen molar-refractivity contribution in [3.05, 3.63) is 29.3 Å². The summed E-state index contributed by atoms with van der Waals surface area (Å²) >= 11 is 0. The number of carbonyl (C=O) groups excluding carboxylic acids is 1. The summed E-state index contributed by atoms with van der Waals surface area (Å²) in [7, 11) is 1.57. The van der Waals surface area contributed by atoms with Crippen molar-refractivity contribution in [1.82, 2.24) is 0 Å². The van der Waals surface area contributed by atoms with E-state index in [9.17, 15) is 4.79 Å². The number of benzene rings is 1. The molecule has 0 aliphatic heterocycles. The van der Waals surface area contributed by atoms with Crippen LogP contribution in [-0.2, 0) is 4.74 Å². The zero-order valence-corrected chi connectivity index (χ0v) is 11.9. The summed E-state index contributed by atoms with van der Waals surface area (Å²) in [4.78, 5) is 12.1. The molecule has 1 rings (SSSR count). The van der Waals surface area contributed by atoms with Crippen LogP contribution in [0.2, 0.25) is 0 Å². The zero-order chi connectivity index (χ0) is 13.8. The van der Waals surface area contributed by atoms with Gasteiger partial charge in [0.25, 0.3) is 0 Å². The molecular weight excluding hydrogens is 228 g/mol. The molecule has 0 aromatic heterocycles. The standard InChI is InChI=1S/C15H22O3/c1-6-15(3,4)18-10-13(16)12-8-7-11(2)9-14(12)17-5/h7-9H,6,10H2,1-5H3. The van der Waals surface area contributed by atoms with Crippen molar-refractivity contribution in [3.63, 3.8) is 0 Å². The number of hydrogen-bond donors (Lipinski definition) is 0. The normalized spacial score (nSPS) is 11.4. The Morgan fingerprint density at radius 2 is 2.00 bits per heavy atom. The van der Waals surface area contributed by atoms with E-state index in [2.05, 4.69) is 0 Å². The van der Waals surface area contributed by atoms with E-state index in [1.165, 1.54) is 0 Å². The largest absolute Gasteiger partial charge is 0.496 e. The predicted molar refractivity (Wildman–Crippen MR) is 72.4 cm³/mol. The summed E-state index contributed by atoms with van der Waals surface area (Å²) in [5.41, 5.74) is 1.38. The van der Waals surface area contributed by atoms with Crippen molar-refractivity contribution < 1.29 is 14.3 Å². The maximum Gasteiger partial charge on any atom is 0.192 e. The molecule has 100 valence electrons. The SMILES string of the molecule is CCC(C)(C)OCC(=O)c1ccc(C)cc1OC. The van der Waals surface area contributed by atoms with Gasteiger partial charge in [0.15, 0.2) is 5.78 Å². The average Bonchev–Trinajstić information content (AvgIpc) is 2.36. The quantitative estimate of drug-likeness (QED) is 0.726. The maximum atomic E-state index is 12.1. The number of rotatable bonds is 6. The van der Waals surface area contributed by atoms with Crippen molar-refractivity contribution in [2.45, 2.75) is 39.7 Å². The number of ketones is 1. The van der Waals surface area contributed by atoms with Crippen molar-refractivity contribution in [2.75, 3.05) is 13.7 Å². The minimum Gasteiger partial charge on any atom is -0.496 e. The molecule has 0 radical (unpaired) electrons. The Balaban J connectivity index is 2.79. The number of carbonyl (C=O) groups is 1. The van der Waals surface area contributed by atoms with Gasteiger partial charge in [-0.25, -0.2) is 0 Å². The lowest BCUT2D eigenvalue weighted by Gasteiger charge is -2.23. The first-order valence-corrected chi connectivity index (χ1v) is 6.21. The molecule has 0 amide bonds. The van der Waals surface area contributed by atoms with Gasteiger partial charge in [-0.05, 0) is 44.9 Å². The Kier molecular flexibility index (Phi) is 4.91. The number of aryl methyl sites for hydroxylation is 1. The smallest absolute Gasteiger partial charge is 0.192 e. The fourth-order valence-corrected chi connectivity index (χ4v) is 1.47. The van der Waals surface area contributed by atoms with Gasteiger partial charge < -0.3 is 9.47 Å². The van der Waals surface area contributed by atoms with E-state index < -0.39 is 0 Å². The van der Waals surface area contributed by atoms with E-state index in [0.717, 1.165) is 12.0 Å². The molecule has 0 heterocycles. The van der Waals surface area contributed by atoms with Crippen LogP contribution in [0.4, 0.5) is 0 Å². The van der Waals surface area contributed by atoms with E-state index in [1.807, 2.05) is 39.8 Å². The highest BCUT2D eigenvalue weighted by Crippen LogP contribution is 2.21. The summed E-state index contributed by atoms with van der Waals surface area (Å²) in [5.74, 6) is 0.561. The maximum absolute atomic E-state index is 12.1. The van der Waals surface area contributed by atoms with Crippen LogP contribution in [0.25, 0.3) is 0 Å². The molecular formula is C15H22O3. The molecule has 18 heavy (non-hydrogen) atoms. The Labute approximate surface area is 109 Å². The fourth-order valence-electron chi connectivity index (χ4n) is 1.47. The first-order valence-electron chi connectivity index (χ1n) is 6.21. The monoisotopic (exact) mass is 250 g/mol. The average molecular weight is 250 g/mol. The van der Waals surface area contributed by atoms with Gasteiger partial charge in [-0.1, -0.05) is 13.0 Å². The summed E-state index contributed by atoms with van der Waals surface area (Å²) in [6.45, 7) is 8.05. The highest BCUT2D eigenvalue weighted by Gasteiger charge is 2.19. The van der Waals surface area contributed by atoms with Crippen LogP contribution in [-0.4, -0.2) is 25.1 Å². The second kappa shape index (κ2) is 6.01. The molecule has 3 nitrogen and oxygen atoms in total. The minimum atomic E-state index is -0.270. The number of hydrogen-bond acceptors (Lipinski definition) is 3. The van der Waals surface area contributed by atoms with Crippen LogP contribution in [0.5, 0.6) is 5.75 Å². The third-order valence-corrected chi connectivity index (χ3v) is 3.10. The van der Waals surface area contributed by atoms with E-state index in [0.29, 0.717) is 11.3 Å². The van der Waals surface area contributed by atoms with E-state index in [-0.39, 0.29) is 18.0 Å². The third-order valence-electron chi connectivity index (χ3n) is 3.10. The topological polar surface area (TPSA) is 35.5 Å². The summed E-state index contributed by atoms with van der Waals surface area (Å²) < 4.78 is 10.8. The highest BCUT2D eigenvalue weighted by molar-refractivity contribution is 5.99. The van der Waals surface area contributed by atoms with Gasteiger partial charge in [-0.15, -0.1) is 0 Å². The highest BCUT2D eigenvalue weighted by atomic mass is 16.5. The van der Waals surface area contributed by atoms with Gasteiger partial charge in [0, 0.05) is 0 Å². The first-order chi connectivity index (χ1) is 8.39. The van der Waals surface area contributed by atoms with Gasteiger partial charge in [-0.2, -0.15) is 0 Å². The molecule has 0 saturated carbocycles. The van der Waals surface area contributed by atoms with Crippen LogP contribution in [0.1, 0.15) is 43.1 Å². The molecule has 0 atom stereocenters. The van der Waals surface area contributed by atoms with Gasteiger partial charge in [-0.3, -0.25) is 4.79 Å². The molecule has 0 aliphatic carbocycles. The fraction of sp³-hybridized carbons (Fsp3) is 0.533. The number of ether oxygens (including phenoxy) is 2. The Morgan fingerprint density at radius 1 is 1.33 bits per heavy atom. The lowest BCUT2D eigenvalue weighted by atomic mass is 10.1. The summed E-state index contributed by atoms with van der Waals surface area (Å²) in [6.07, 6.45) is 0.866. The Morgan fingerprint density at radius 3 is 2.56 bits per heavy atom. The van der Waals surface area contributed by atoms with Crippen LogP contribution in [0, 0.1) is 6.92 Å². The molecule has 0 saturated heterocycles. The lowest BCUT2D eigenvalue weighted by molar-refractivity contribution is -0.0123. The lowest BCUT2D eigenvalue weighted by Crippen LogP contribution is -2.26.